The number of hydrogen-bond acceptors (Lipinski definition) is 12. The van der Waals surface area contributed by atoms with Gasteiger partial charge < -0.3 is 57.6 Å². The van der Waals surface area contributed by atoms with Crippen LogP contribution in [-0.2, 0) is 0 Å². The summed E-state index contributed by atoms with van der Waals surface area (Å²) < 4.78 is 137. The van der Waals surface area contributed by atoms with Gasteiger partial charge in [0.1, 0.15) is 34.2 Å². The summed E-state index contributed by atoms with van der Waals surface area (Å²) >= 11 is 0. The highest BCUT2D eigenvalue weighted by atomic mass is 19.2. The van der Waals surface area contributed by atoms with E-state index in [-0.39, 0.29) is 17.1 Å². The van der Waals surface area contributed by atoms with Gasteiger partial charge in [-0.1, -0.05) is 312 Å². The van der Waals surface area contributed by atoms with Gasteiger partial charge in [-0.05, 0) is 57.4 Å². The Morgan fingerprint density at radius 1 is 0.233 bits per heavy atom. The molecule has 1 aliphatic rings. The molecule has 0 saturated heterocycles. The Morgan fingerprint density at radius 3 is 0.825 bits per heavy atom. The van der Waals surface area contributed by atoms with Crippen LogP contribution in [0.1, 0.15) is 364 Å². The van der Waals surface area contributed by atoms with Crippen LogP contribution < -0.4 is 64.6 Å². The van der Waals surface area contributed by atoms with Crippen LogP contribution in [0.4, 0.5) is 98.2 Å². The number of benzene rings is 4. The number of aromatic nitrogens is 4. The van der Waals surface area contributed by atoms with Crippen molar-refractivity contribution < 1.29 is 35.1 Å². The van der Waals surface area contributed by atoms with Crippen molar-refractivity contribution in [2.75, 3.05) is 95.0 Å². The Hall–Kier alpha value is -7.92. The number of hydrogen-bond donors (Lipinski definition) is 11. The van der Waals surface area contributed by atoms with Gasteiger partial charge in [0.2, 0.25) is 0 Å². The molecule has 9 rings (SSSR count). The van der Waals surface area contributed by atoms with E-state index in [9.17, 15) is 0 Å². The molecule has 4 aromatic heterocycles. The van der Waals surface area contributed by atoms with E-state index in [1.54, 1.807) is 0 Å². The van der Waals surface area contributed by atoms with Gasteiger partial charge in [-0.15, -0.1) is 0 Å². The molecule has 0 saturated carbocycles. The Morgan fingerprint density at radius 2 is 0.483 bits per heavy atom. The van der Waals surface area contributed by atoms with E-state index in [1.807, 2.05) is 10.7 Å². The molecule has 0 spiro atoms. The van der Waals surface area contributed by atoms with Gasteiger partial charge in [-0.2, -0.15) is 0 Å². The topological polar surface area (TPSA) is 198 Å². The third-order valence-electron chi connectivity index (χ3n) is 23.9. The summed E-state index contributed by atoms with van der Waals surface area (Å²) in [6.07, 6.45) is 49.5. The zero-order valence-electron chi connectivity index (χ0n) is 74.4. The van der Waals surface area contributed by atoms with Crippen LogP contribution in [0, 0.1) is 46.5 Å². The van der Waals surface area contributed by atoms with E-state index in [0.29, 0.717) is 103 Å². The highest BCUT2D eigenvalue weighted by molar-refractivity contribution is 6.16. The van der Waals surface area contributed by atoms with Crippen molar-refractivity contribution in [1.82, 2.24) is 19.6 Å². The SMILES string of the molecule is CCCCCCCCNc1cc2c3[nH]c(c2c(NCCCCCCCC)c1NCCCCCCCC)N=c1c2c(NCCCCCCCC)c(NCCCCCCCC)c(NCCCCCCCC)c(NCCCCCCCC)c2c(n1NCCCCCCCC)=Nc1[nH]c(c2c(F)c(F)c(F)c(F)c12)N=c1[nH]c(c2c(F)c(F)c(F)c(F)c12)=N3. The molecule has 16 nitrogen and oxygen atoms in total. The maximum absolute atomic E-state index is 17.7. The lowest BCUT2D eigenvalue weighted by atomic mass is 10.0. The number of fused-ring (bicyclic) bond motifs is 20. The number of halogens is 8. The molecule has 0 unspecified atom stereocenters. The van der Waals surface area contributed by atoms with Crippen molar-refractivity contribution in [3.05, 3.63) is 74.6 Å². The largest absolute Gasteiger partial charge is 0.383 e. The monoisotopic (exact) mass is 1680 g/mol. The second-order valence-corrected chi connectivity index (χ2v) is 33.8. The fourth-order valence-corrected chi connectivity index (χ4v) is 17.0. The van der Waals surface area contributed by atoms with Crippen molar-refractivity contribution in [1.29, 1.82) is 0 Å². The lowest BCUT2D eigenvalue weighted by Gasteiger charge is -2.24. The summed E-state index contributed by atoms with van der Waals surface area (Å²) in [6.45, 7) is 22.1. The Bertz CT molecular complexity index is 4690. The molecule has 0 radical (unpaired) electrons. The highest BCUT2D eigenvalue weighted by Crippen LogP contribution is 2.49. The number of H-pyrrole nitrogens is 3. The smallest absolute Gasteiger partial charge is 0.198 e. The van der Waals surface area contributed by atoms with Gasteiger partial charge in [0.15, 0.2) is 57.5 Å². The van der Waals surface area contributed by atoms with Crippen LogP contribution in [0.5, 0.6) is 0 Å². The first-order valence-corrected chi connectivity index (χ1v) is 47.8. The van der Waals surface area contributed by atoms with E-state index in [0.717, 1.165) is 325 Å². The van der Waals surface area contributed by atoms with Crippen LogP contribution in [-0.4, -0.2) is 72.0 Å². The zero-order chi connectivity index (χ0) is 85.4. The number of anilines is 7. The third-order valence-corrected chi connectivity index (χ3v) is 23.9. The molecule has 5 heterocycles. The predicted molar refractivity (Wildman–Crippen MR) is 490 cm³/mol. The molecule has 1 aliphatic heterocycles. The zero-order valence-corrected chi connectivity index (χ0v) is 74.4. The summed E-state index contributed by atoms with van der Waals surface area (Å²) in [6, 6.07) is 2.00. The summed E-state index contributed by atoms with van der Waals surface area (Å²) in [5.41, 5.74) is 8.14. The second-order valence-electron chi connectivity index (χ2n) is 33.8. The number of nitrogens with zero attached hydrogens (tertiary/aromatic N) is 5. The Labute approximate surface area is 710 Å². The molecule has 0 fully saturated rings. The predicted octanol–water partition coefficient (Wildman–Crippen LogP) is 28.6. The second kappa shape index (κ2) is 52.5. The molecular weight excluding hydrogens is 1530 g/mol. The van der Waals surface area contributed by atoms with Crippen molar-refractivity contribution in [2.24, 2.45) is 20.0 Å². The van der Waals surface area contributed by atoms with Gasteiger partial charge in [-0.25, -0.2) is 59.8 Å². The molecule has 11 N–H and O–H groups in total. The molecular formula is C96H148F8N16. The maximum atomic E-state index is 17.7. The number of aromatic amines is 3. The standard InChI is InChI=1S/C96H148F8N16/c1-9-17-25-33-41-49-57-105-67-65-66-68(84(107-59-51-43-35-27-19-11-3)83(67)106-58-50-42-34-26-18-10-2)90-113-89(66)114-91-69-70(76(98)80(102)79(101)75(69)97)92(115-91)116-93-71-72(78(100)82(104)81(103)77(71)99)94(117-93)119-96-74-73(95(118-90)120(96)112-64-56-48-40-32-24-16-8)85(108-60-52-44-36-28-20-12-4)87(110-62-54-46-38-30-22-14-6)88(111-63-55-47-39-31-23-15-7)86(74)109-61-53-45-37-29-21-13-5/h65,105-112H,9-64H2,1-8H3,(H3,113,114,115,116,117,118,119). The van der Waals surface area contributed by atoms with Gasteiger partial charge in [0.05, 0.1) is 77.5 Å². The van der Waals surface area contributed by atoms with Crippen LogP contribution in [0.3, 0.4) is 0 Å². The fraction of sp³-hybridized carbons (Fsp3) is 0.667. The quantitative estimate of drug-likeness (QED) is 0.00766. The van der Waals surface area contributed by atoms with Crippen molar-refractivity contribution in [2.45, 2.75) is 364 Å². The van der Waals surface area contributed by atoms with E-state index in [4.69, 9.17) is 15.0 Å². The molecule has 0 atom stereocenters. The van der Waals surface area contributed by atoms with Crippen LogP contribution in [0.25, 0.3) is 43.1 Å². The summed E-state index contributed by atoms with van der Waals surface area (Å²) in [4.78, 5) is 30.8. The first kappa shape index (κ1) is 95.9. The summed E-state index contributed by atoms with van der Waals surface area (Å²) in [5.74, 6) is -17.0. The van der Waals surface area contributed by atoms with Gasteiger partial charge in [-0.3, -0.25) is 0 Å². The van der Waals surface area contributed by atoms with E-state index < -0.39 is 90.7 Å². The van der Waals surface area contributed by atoms with Crippen molar-refractivity contribution in [3.63, 3.8) is 0 Å². The van der Waals surface area contributed by atoms with Gasteiger partial charge >= 0.3 is 0 Å². The third kappa shape index (κ3) is 26.1. The van der Waals surface area contributed by atoms with E-state index in [2.05, 4.69) is 118 Å². The van der Waals surface area contributed by atoms with Crippen LogP contribution >= 0.6 is 0 Å². The molecule has 668 valence electrons. The first-order valence-electron chi connectivity index (χ1n) is 47.8. The van der Waals surface area contributed by atoms with Gasteiger partial charge in [0.25, 0.3) is 0 Å². The van der Waals surface area contributed by atoms with Gasteiger partial charge in [0, 0.05) is 57.7 Å². The summed E-state index contributed by atoms with van der Waals surface area (Å²) in [7, 11) is 0. The average Bonchev–Trinajstić information content (AvgIpc) is 1.56. The molecule has 0 aliphatic carbocycles. The molecule has 120 heavy (non-hydrogen) atoms. The molecule has 4 aromatic carbocycles. The molecule has 0 amide bonds. The number of rotatable bonds is 64. The number of unbranched alkanes of at least 4 members (excludes halogenated alkanes) is 40. The Balaban J connectivity index is 1.55. The Kier molecular flexibility index (Phi) is 42.0. The fourth-order valence-electron chi connectivity index (χ4n) is 17.0. The molecule has 24 heteroatoms. The lowest BCUT2D eigenvalue weighted by Crippen LogP contribution is -2.36. The minimum atomic E-state index is -2.18. The molecule has 8 aromatic rings. The highest BCUT2D eigenvalue weighted by Gasteiger charge is 2.33. The first-order chi connectivity index (χ1) is 58.7. The minimum absolute atomic E-state index is 0.0543. The van der Waals surface area contributed by atoms with E-state index in [1.165, 1.54) is 0 Å². The van der Waals surface area contributed by atoms with Crippen LogP contribution in [0.15, 0.2) is 26.0 Å². The van der Waals surface area contributed by atoms with Crippen molar-refractivity contribution in [3.8, 4) is 0 Å². The van der Waals surface area contributed by atoms with Crippen LogP contribution in [0.2, 0.25) is 0 Å². The minimum Gasteiger partial charge on any atom is -0.383 e. The summed E-state index contributed by atoms with van der Waals surface area (Å²) in [5, 5.41) is 26.6. The van der Waals surface area contributed by atoms with Crippen molar-refractivity contribution >= 4 is 106 Å². The maximum Gasteiger partial charge on any atom is 0.198 e. The normalized spacial score (nSPS) is 12.1. The average molecular weight is 1680 g/mol. The number of nitrogens with one attached hydrogen (secondary N) is 11. The lowest BCUT2D eigenvalue weighted by molar-refractivity contribution is 0.418. The molecule has 8 bridgehead atoms. The van der Waals surface area contributed by atoms with E-state index >= 15 is 35.1 Å².